The Hall–Kier alpha value is -2.97. The molecule has 1 saturated carbocycles. The van der Waals surface area contributed by atoms with Crippen molar-refractivity contribution in [2.45, 2.75) is 58.3 Å². The Kier molecular flexibility index (Phi) is 12.8. The molecule has 1 atom stereocenters. The highest BCUT2D eigenvalue weighted by atomic mass is 16.5. The van der Waals surface area contributed by atoms with E-state index in [9.17, 15) is 0 Å². The summed E-state index contributed by atoms with van der Waals surface area (Å²) in [6, 6.07) is 17.0. The van der Waals surface area contributed by atoms with Crippen molar-refractivity contribution >= 4 is 13.6 Å². The highest BCUT2D eigenvalue weighted by molar-refractivity contribution is 5.38. The normalized spacial score (nSPS) is 17.4. The van der Waals surface area contributed by atoms with Crippen LogP contribution in [0.3, 0.4) is 0 Å². The van der Waals surface area contributed by atoms with Gasteiger partial charge in [0.2, 0.25) is 0 Å². The van der Waals surface area contributed by atoms with Crippen LogP contribution in [0.25, 0.3) is 0 Å². The lowest BCUT2D eigenvalue weighted by molar-refractivity contribution is -0.0987. The van der Waals surface area contributed by atoms with Gasteiger partial charge in [-0.2, -0.15) is 5.26 Å². The summed E-state index contributed by atoms with van der Waals surface area (Å²) in [4.78, 5) is 18.5. The molecule has 0 amide bonds. The maximum atomic E-state index is 9.04. The first-order valence-corrected chi connectivity index (χ1v) is 11.9. The summed E-state index contributed by atoms with van der Waals surface area (Å²) in [6.07, 6.45) is 6.07. The molecule has 1 saturated heterocycles. The van der Waals surface area contributed by atoms with Crippen LogP contribution in [0.15, 0.2) is 42.5 Å². The Morgan fingerprint density at radius 3 is 2.18 bits per heavy atom. The van der Waals surface area contributed by atoms with Crippen molar-refractivity contribution in [1.82, 2.24) is 4.90 Å². The van der Waals surface area contributed by atoms with Crippen LogP contribution in [0.2, 0.25) is 0 Å². The molecule has 1 aliphatic heterocycles. The fraction of sp³-hybridized carbons (Fsp3) is 0.483. The molecule has 4 rings (SSSR count). The van der Waals surface area contributed by atoms with Gasteiger partial charge in [0.05, 0.1) is 18.7 Å². The predicted octanol–water partition coefficient (Wildman–Crippen LogP) is 5.38. The lowest BCUT2D eigenvalue weighted by atomic mass is 9.99. The predicted molar refractivity (Wildman–Crippen MR) is 138 cm³/mol. The molecule has 0 spiro atoms. The summed E-state index contributed by atoms with van der Waals surface area (Å²) in [6.45, 7) is 14.4. The highest BCUT2D eigenvalue weighted by Gasteiger charge is 2.38. The number of rotatable bonds is 6. The second kappa shape index (κ2) is 15.0. The second-order valence-corrected chi connectivity index (χ2v) is 9.24. The molecule has 2 fully saturated rings. The van der Waals surface area contributed by atoms with E-state index in [2.05, 4.69) is 49.9 Å². The quantitative estimate of drug-likeness (QED) is 0.574. The van der Waals surface area contributed by atoms with Crippen molar-refractivity contribution in [1.29, 1.82) is 5.26 Å². The molecule has 34 heavy (non-hydrogen) atoms. The molecule has 0 bridgehead atoms. The lowest BCUT2D eigenvalue weighted by Gasteiger charge is -2.15. The molecule has 2 aromatic rings. The minimum absolute atomic E-state index is 0.478. The van der Waals surface area contributed by atoms with Gasteiger partial charge in [-0.3, -0.25) is 0 Å². The Labute approximate surface area is 205 Å². The number of carbonyl (C=O) groups is 2. The van der Waals surface area contributed by atoms with E-state index in [0.29, 0.717) is 5.41 Å². The Balaban J connectivity index is 0.000000313. The molecule has 2 aliphatic rings. The molecule has 0 aromatic heterocycles. The van der Waals surface area contributed by atoms with Crippen LogP contribution in [-0.2, 0) is 27.8 Å². The van der Waals surface area contributed by atoms with Crippen LogP contribution < -0.4 is 4.74 Å². The van der Waals surface area contributed by atoms with Gasteiger partial charge in [0.25, 0.3) is 0 Å². The van der Waals surface area contributed by atoms with Crippen LogP contribution in [-0.4, -0.2) is 45.2 Å². The van der Waals surface area contributed by atoms with E-state index in [1.54, 1.807) is 7.11 Å². The molecule has 1 aliphatic carbocycles. The third kappa shape index (κ3) is 9.11. The van der Waals surface area contributed by atoms with Crippen molar-refractivity contribution in [2.75, 3.05) is 26.7 Å². The zero-order valence-electron chi connectivity index (χ0n) is 21.3. The van der Waals surface area contributed by atoms with Crippen molar-refractivity contribution in [3.05, 3.63) is 64.7 Å². The van der Waals surface area contributed by atoms with Gasteiger partial charge in [-0.25, -0.2) is 0 Å². The van der Waals surface area contributed by atoms with E-state index in [1.807, 2.05) is 37.8 Å². The summed E-state index contributed by atoms with van der Waals surface area (Å²) in [5.74, 6) is 1.80. The number of nitriles is 1. The maximum absolute atomic E-state index is 9.04. The first kappa shape index (κ1) is 29.1. The van der Waals surface area contributed by atoms with E-state index in [-0.39, 0.29) is 0 Å². The first-order valence-electron chi connectivity index (χ1n) is 11.9. The second-order valence-electron chi connectivity index (χ2n) is 9.24. The molecule has 5 nitrogen and oxygen atoms in total. The van der Waals surface area contributed by atoms with Gasteiger partial charge in [0, 0.05) is 13.1 Å². The summed E-state index contributed by atoms with van der Waals surface area (Å²) in [5, 5.41) is 9.04. The SMILES string of the molecule is C=O.C=O.CCc1cc(C#N)cc(CCN2CC[C@H](C)C2)c1.COc1ccc(C2(C)CC2)cc1. The van der Waals surface area contributed by atoms with Crippen LogP contribution in [0.4, 0.5) is 0 Å². The fourth-order valence-corrected chi connectivity index (χ4v) is 4.16. The van der Waals surface area contributed by atoms with Gasteiger partial charge in [-0.05, 0) is 90.9 Å². The van der Waals surface area contributed by atoms with Crippen molar-refractivity contribution in [2.24, 2.45) is 5.92 Å². The van der Waals surface area contributed by atoms with Crippen LogP contribution in [0.5, 0.6) is 5.75 Å². The van der Waals surface area contributed by atoms with E-state index in [4.69, 9.17) is 19.6 Å². The number of ether oxygens (including phenoxy) is 1. The fourth-order valence-electron chi connectivity index (χ4n) is 4.16. The number of methoxy groups -OCH3 is 1. The Morgan fingerprint density at radius 2 is 1.71 bits per heavy atom. The summed E-state index contributed by atoms with van der Waals surface area (Å²) >= 11 is 0. The summed E-state index contributed by atoms with van der Waals surface area (Å²) in [7, 11) is 1.70. The lowest BCUT2D eigenvalue weighted by Crippen LogP contribution is -2.23. The van der Waals surface area contributed by atoms with Gasteiger partial charge in [-0.15, -0.1) is 0 Å². The number of hydrogen-bond acceptors (Lipinski definition) is 5. The smallest absolute Gasteiger partial charge is 0.118 e. The zero-order chi connectivity index (χ0) is 25.6. The highest BCUT2D eigenvalue weighted by Crippen LogP contribution is 2.47. The molecule has 0 unspecified atom stereocenters. The van der Waals surface area contributed by atoms with Gasteiger partial charge in [0.1, 0.15) is 19.3 Å². The minimum Gasteiger partial charge on any atom is -0.497 e. The largest absolute Gasteiger partial charge is 0.497 e. The zero-order valence-corrected chi connectivity index (χ0v) is 21.3. The van der Waals surface area contributed by atoms with Gasteiger partial charge < -0.3 is 19.2 Å². The average Bonchev–Trinajstić information content (AvgIpc) is 3.52. The third-order valence-electron chi connectivity index (χ3n) is 6.60. The van der Waals surface area contributed by atoms with E-state index >= 15 is 0 Å². The van der Waals surface area contributed by atoms with E-state index in [0.717, 1.165) is 36.6 Å². The van der Waals surface area contributed by atoms with E-state index in [1.165, 1.54) is 49.0 Å². The molecule has 0 radical (unpaired) electrons. The molecular formula is C29H40N2O3. The Morgan fingerprint density at radius 1 is 1.09 bits per heavy atom. The standard InChI is InChI=1S/C16H22N2.C11H14O.2CH2O/c1-3-14-8-15(10-16(9-14)11-17)5-7-18-6-4-13(2)12-18;1-11(7-8-11)9-3-5-10(12-2)6-4-9;2*1-2/h8-10,13H,3-7,12H2,1-2H3;3-6H,7-8H2,1-2H3;2*1H2/t13-;;;/m0.../s1. The molecule has 5 heteroatoms. The molecule has 2 aromatic carbocycles. The number of benzene rings is 2. The number of hydrogen-bond donors (Lipinski definition) is 0. The maximum Gasteiger partial charge on any atom is 0.118 e. The van der Waals surface area contributed by atoms with Crippen molar-refractivity contribution in [3.8, 4) is 11.8 Å². The Bertz CT molecular complexity index is 899. The molecular weight excluding hydrogens is 424 g/mol. The van der Waals surface area contributed by atoms with Gasteiger partial charge in [0.15, 0.2) is 0 Å². The molecule has 0 N–H and O–H groups in total. The average molecular weight is 465 g/mol. The molecule has 1 heterocycles. The van der Waals surface area contributed by atoms with Gasteiger partial charge >= 0.3 is 0 Å². The topological polar surface area (TPSA) is 70.4 Å². The van der Waals surface area contributed by atoms with Crippen molar-refractivity contribution in [3.63, 3.8) is 0 Å². The first-order chi connectivity index (χ1) is 16.5. The van der Waals surface area contributed by atoms with Crippen molar-refractivity contribution < 1.29 is 14.3 Å². The van der Waals surface area contributed by atoms with Gasteiger partial charge in [-0.1, -0.05) is 39.0 Å². The molecule has 184 valence electrons. The van der Waals surface area contributed by atoms with Crippen LogP contribution in [0, 0.1) is 17.2 Å². The third-order valence-corrected chi connectivity index (χ3v) is 6.60. The number of nitrogens with zero attached hydrogens (tertiary/aromatic N) is 2. The monoisotopic (exact) mass is 464 g/mol. The number of carbonyl (C=O) groups excluding carboxylic acids is 2. The number of likely N-dealkylation sites (tertiary alicyclic amines) is 1. The summed E-state index contributed by atoms with van der Waals surface area (Å²) < 4.78 is 5.10. The number of aryl methyl sites for hydroxylation is 1. The van der Waals surface area contributed by atoms with Crippen LogP contribution in [0.1, 0.15) is 62.3 Å². The van der Waals surface area contributed by atoms with E-state index < -0.39 is 0 Å². The van der Waals surface area contributed by atoms with Crippen LogP contribution >= 0.6 is 0 Å². The summed E-state index contributed by atoms with van der Waals surface area (Å²) in [5.41, 5.74) is 5.32. The minimum atomic E-state index is 0.478.